The van der Waals surface area contributed by atoms with Gasteiger partial charge < -0.3 is 5.32 Å². The lowest BCUT2D eigenvalue weighted by Gasteiger charge is -2.03. The van der Waals surface area contributed by atoms with Gasteiger partial charge >= 0.3 is 0 Å². The maximum Gasteiger partial charge on any atom is 0.276 e. The zero-order valence-electron chi connectivity index (χ0n) is 11.3. The molecule has 0 aromatic carbocycles. The molecule has 3 heterocycles. The van der Waals surface area contributed by atoms with E-state index in [0.29, 0.717) is 11.4 Å². The van der Waals surface area contributed by atoms with Crippen LogP contribution < -0.4 is 5.32 Å². The molecule has 6 heteroatoms. The maximum atomic E-state index is 12.1. The van der Waals surface area contributed by atoms with Crippen molar-refractivity contribution < 1.29 is 4.79 Å². The van der Waals surface area contributed by atoms with Gasteiger partial charge in [-0.3, -0.25) is 9.48 Å². The lowest BCUT2D eigenvalue weighted by Crippen LogP contribution is -2.12. The van der Waals surface area contributed by atoms with Crippen LogP contribution in [0.3, 0.4) is 0 Å². The Bertz CT molecular complexity index is 723. The van der Waals surface area contributed by atoms with E-state index in [1.807, 2.05) is 38.2 Å². The van der Waals surface area contributed by atoms with E-state index in [2.05, 4.69) is 15.5 Å². The monoisotopic (exact) mass is 269 g/mol. The second kappa shape index (κ2) is 4.80. The van der Waals surface area contributed by atoms with E-state index in [1.54, 1.807) is 27.7 Å². The number of fused-ring (bicyclic) bond motifs is 1. The minimum absolute atomic E-state index is 0.239. The number of hydrogen-bond donors (Lipinski definition) is 1. The summed E-state index contributed by atoms with van der Waals surface area (Å²) < 4.78 is 3.46. The first-order valence-corrected chi connectivity index (χ1v) is 6.43. The second-order valence-corrected chi connectivity index (χ2v) is 4.86. The van der Waals surface area contributed by atoms with Crippen molar-refractivity contribution >= 4 is 17.1 Å². The van der Waals surface area contributed by atoms with Gasteiger partial charge in [0, 0.05) is 18.4 Å². The number of carbonyl (C=O) groups is 1. The molecule has 1 amide bonds. The SMILES string of the molecule is CC(C)n1cc(NC(=O)c2cc3ccccn3n2)cn1. The summed E-state index contributed by atoms with van der Waals surface area (Å²) in [6.45, 7) is 4.06. The summed E-state index contributed by atoms with van der Waals surface area (Å²) in [6.07, 6.45) is 5.25. The molecule has 3 aromatic heterocycles. The van der Waals surface area contributed by atoms with Crippen LogP contribution in [-0.4, -0.2) is 25.3 Å². The third kappa shape index (κ3) is 2.27. The van der Waals surface area contributed by atoms with E-state index in [0.717, 1.165) is 5.52 Å². The van der Waals surface area contributed by atoms with Crippen molar-refractivity contribution in [2.75, 3.05) is 5.32 Å². The smallest absolute Gasteiger partial charge is 0.276 e. The minimum Gasteiger partial charge on any atom is -0.318 e. The summed E-state index contributed by atoms with van der Waals surface area (Å²) in [6, 6.07) is 7.69. The van der Waals surface area contributed by atoms with E-state index < -0.39 is 0 Å². The molecule has 3 aromatic rings. The van der Waals surface area contributed by atoms with Gasteiger partial charge in [-0.2, -0.15) is 10.2 Å². The molecule has 0 fully saturated rings. The highest BCUT2D eigenvalue weighted by molar-refractivity contribution is 6.03. The molecule has 1 N–H and O–H groups in total. The normalized spacial score (nSPS) is 11.2. The standard InChI is InChI=1S/C14H15N5O/c1-10(2)19-9-11(8-15-19)16-14(20)13-7-12-5-3-4-6-18(12)17-13/h3-10H,1-2H3,(H,16,20). The van der Waals surface area contributed by atoms with Crippen LogP contribution in [-0.2, 0) is 0 Å². The fourth-order valence-electron chi connectivity index (χ4n) is 1.93. The average Bonchev–Trinajstić information content (AvgIpc) is 3.04. The van der Waals surface area contributed by atoms with Crippen LogP contribution in [0.25, 0.3) is 5.52 Å². The van der Waals surface area contributed by atoms with Crippen LogP contribution in [0.4, 0.5) is 5.69 Å². The molecular weight excluding hydrogens is 254 g/mol. The van der Waals surface area contributed by atoms with Crippen LogP contribution in [0.15, 0.2) is 42.9 Å². The molecule has 0 aliphatic heterocycles. The van der Waals surface area contributed by atoms with Gasteiger partial charge in [0.05, 0.1) is 17.4 Å². The van der Waals surface area contributed by atoms with Gasteiger partial charge in [0.25, 0.3) is 5.91 Å². The molecule has 3 rings (SSSR count). The van der Waals surface area contributed by atoms with Crippen LogP contribution in [0.5, 0.6) is 0 Å². The Labute approximate surface area is 116 Å². The van der Waals surface area contributed by atoms with Crippen LogP contribution in [0.1, 0.15) is 30.4 Å². The van der Waals surface area contributed by atoms with Crippen molar-refractivity contribution in [1.82, 2.24) is 19.4 Å². The van der Waals surface area contributed by atoms with Crippen LogP contribution in [0.2, 0.25) is 0 Å². The quantitative estimate of drug-likeness (QED) is 0.794. The molecule has 20 heavy (non-hydrogen) atoms. The Morgan fingerprint density at radius 1 is 1.35 bits per heavy atom. The highest BCUT2D eigenvalue weighted by Gasteiger charge is 2.12. The molecule has 0 bridgehead atoms. The Balaban J connectivity index is 1.81. The first-order valence-electron chi connectivity index (χ1n) is 6.43. The van der Waals surface area contributed by atoms with E-state index >= 15 is 0 Å². The van der Waals surface area contributed by atoms with Gasteiger partial charge in [0.15, 0.2) is 5.69 Å². The molecular formula is C14H15N5O. The summed E-state index contributed by atoms with van der Waals surface area (Å²) in [5.74, 6) is -0.239. The van der Waals surface area contributed by atoms with E-state index in [4.69, 9.17) is 0 Å². The first-order chi connectivity index (χ1) is 9.63. The molecule has 0 spiro atoms. The molecule has 0 atom stereocenters. The van der Waals surface area contributed by atoms with Crippen molar-refractivity contribution in [3.05, 3.63) is 48.5 Å². The predicted octanol–water partition coefficient (Wildman–Crippen LogP) is 2.36. The highest BCUT2D eigenvalue weighted by atomic mass is 16.2. The number of aromatic nitrogens is 4. The largest absolute Gasteiger partial charge is 0.318 e. The Kier molecular flexibility index (Phi) is 2.98. The van der Waals surface area contributed by atoms with Crippen molar-refractivity contribution in [2.24, 2.45) is 0 Å². The van der Waals surface area contributed by atoms with E-state index in [9.17, 15) is 4.79 Å². The van der Waals surface area contributed by atoms with Gasteiger partial charge in [0.2, 0.25) is 0 Å². The zero-order valence-corrected chi connectivity index (χ0v) is 11.3. The highest BCUT2D eigenvalue weighted by Crippen LogP contribution is 2.12. The molecule has 0 aliphatic rings. The third-order valence-electron chi connectivity index (χ3n) is 2.99. The van der Waals surface area contributed by atoms with Crippen molar-refractivity contribution in [1.29, 1.82) is 0 Å². The van der Waals surface area contributed by atoms with Crippen molar-refractivity contribution in [2.45, 2.75) is 19.9 Å². The lowest BCUT2D eigenvalue weighted by atomic mass is 10.3. The number of amides is 1. The first kappa shape index (κ1) is 12.4. The number of carbonyl (C=O) groups excluding carboxylic acids is 1. The number of hydrogen-bond acceptors (Lipinski definition) is 3. The minimum atomic E-state index is -0.239. The van der Waals surface area contributed by atoms with Crippen molar-refractivity contribution in [3.63, 3.8) is 0 Å². The van der Waals surface area contributed by atoms with Crippen molar-refractivity contribution in [3.8, 4) is 0 Å². The summed E-state index contributed by atoms with van der Waals surface area (Å²) in [4.78, 5) is 12.1. The fraction of sp³-hybridized carbons (Fsp3) is 0.214. The predicted molar refractivity (Wildman–Crippen MR) is 75.8 cm³/mol. The van der Waals surface area contributed by atoms with Gasteiger partial charge in [-0.1, -0.05) is 6.07 Å². The Hall–Kier alpha value is -2.63. The molecule has 6 nitrogen and oxygen atoms in total. The fourth-order valence-corrected chi connectivity index (χ4v) is 1.93. The van der Waals surface area contributed by atoms with Crippen LogP contribution in [0, 0.1) is 0 Å². The Morgan fingerprint density at radius 2 is 2.20 bits per heavy atom. The van der Waals surface area contributed by atoms with Gasteiger partial charge in [0.1, 0.15) is 0 Å². The van der Waals surface area contributed by atoms with Crippen LogP contribution >= 0.6 is 0 Å². The number of nitrogens with zero attached hydrogens (tertiary/aromatic N) is 4. The average molecular weight is 269 g/mol. The summed E-state index contributed by atoms with van der Waals surface area (Å²) in [5.41, 5.74) is 1.93. The number of rotatable bonds is 3. The number of nitrogens with one attached hydrogen (secondary N) is 1. The molecule has 0 radical (unpaired) electrons. The molecule has 0 saturated carbocycles. The lowest BCUT2D eigenvalue weighted by molar-refractivity contribution is 0.102. The van der Waals surface area contributed by atoms with Gasteiger partial charge in [-0.05, 0) is 32.0 Å². The summed E-state index contributed by atoms with van der Waals surface area (Å²) in [5, 5.41) is 11.2. The maximum absolute atomic E-state index is 12.1. The zero-order chi connectivity index (χ0) is 14.1. The molecule has 0 saturated heterocycles. The van der Waals surface area contributed by atoms with E-state index in [1.165, 1.54) is 0 Å². The van der Waals surface area contributed by atoms with Gasteiger partial charge in [-0.25, -0.2) is 4.52 Å². The number of pyridine rings is 1. The summed E-state index contributed by atoms with van der Waals surface area (Å²) >= 11 is 0. The van der Waals surface area contributed by atoms with E-state index in [-0.39, 0.29) is 11.9 Å². The topological polar surface area (TPSA) is 64.2 Å². The summed E-state index contributed by atoms with van der Waals surface area (Å²) in [7, 11) is 0. The molecule has 0 aliphatic carbocycles. The number of anilines is 1. The third-order valence-corrected chi connectivity index (χ3v) is 2.99. The molecule has 102 valence electrons. The second-order valence-electron chi connectivity index (χ2n) is 4.86. The van der Waals surface area contributed by atoms with Gasteiger partial charge in [-0.15, -0.1) is 0 Å². The molecule has 0 unspecified atom stereocenters. The Morgan fingerprint density at radius 3 is 2.90 bits per heavy atom.